The molecular weight excluding hydrogens is 583 g/mol. The first-order chi connectivity index (χ1) is 18.5. The van der Waals surface area contributed by atoms with Crippen molar-refractivity contribution in [1.29, 1.82) is 0 Å². The van der Waals surface area contributed by atoms with Crippen LogP contribution in [0.2, 0.25) is 10.0 Å². The minimum atomic E-state index is -3.88. The van der Waals surface area contributed by atoms with Crippen molar-refractivity contribution in [2.75, 3.05) is 0 Å². The Morgan fingerprint density at radius 3 is 2.49 bits per heavy atom. The summed E-state index contributed by atoms with van der Waals surface area (Å²) < 4.78 is 58.4. The fraction of sp³-hybridized carbons (Fsp3) is 0.240. The van der Waals surface area contributed by atoms with Crippen molar-refractivity contribution in [3.63, 3.8) is 0 Å². The molecule has 0 spiro atoms. The van der Waals surface area contributed by atoms with Crippen LogP contribution in [-0.4, -0.2) is 46.4 Å². The van der Waals surface area contributed by atoms with Gasteiger partial charge in [-0.25, -0.2) is 30.5 Å². The summed E-state index contributed by atoms with van der Waals surface area (Å²) in [7, 11) is -7.75. The van der Waals surface area contributed by atoms with Crippen molar-refractivity contribution in [3.8, 4) is 0 Å². The smallest absolute Gasteiger partial charge is 0.269 e. The molecular formula is C25H22Cl2N6O4S2. The summed E-state index contributed by atoms with van der Waals surface area (Å²) in [5, 5.41) is 9.02. The summed E-state index contributed by atoms with van der Waals surface area (Å²) in [6, 6.07) is 12.2. The lowest BCUT2D eigenvalue weighted by molar-refractivity contribution is 0.546. The van der Waals surface area contributed by atoms with Gasteiger partial charge >= 0.3 is 0 Å². The van der Waals surface area contributed by atoms with Crippen molar-refractivity contribution < 1.29 is 16.8 Å². The highest BCUT2D eigenvalue weighted by atomic mass is 35.5. The fourth-order valence-corrected chi connectivity index (χ4v) is 8.39. The van der Waals surface area contributed by atoms with Crippen LogP contribution in [0.5, 0.6) is 0 Å². The summed E-state index contributed by atoms with van der Waals surface area (Å²) in [5.74, 6) is 0.505. The van der Waals surface area contributed by atoms with Crippen LogP contribution in [0.15, 0.2) is 70.7 Å². The number of halogens is 2. The number of nitrogens with zero attached hydrogens (tertiary/aromatic N) is 5. The van der Waals surface area contributed by atoms with Crippen molar-refractivity contribution >= 4 is 60.1 Å². The van der Waals surface area contributed by atoms with E-state index in [2.05, 4.69) is 19.9 Å². The van der Waals surface area contributed by atoms with Crippen LogP contribution in [0.25, 0.3) is 16.8 Å². The van der Waals surface area contributed by atoms with Gasteiger partial charge in [-0.2, -0.15) is 0 Å². The second-order valence-electron chi connectivity index (χ2n) is 9.55. The van der Waals surface area contributed by atoms with Gasteiger partial charge in [-0.3, -0.25) is 4.40 Å². The van der Waals surface area contributed by atoms with Crippen LogP contribution < -0.4 is 4.72 Å². The monoisotopic (exact) mass is 604 g/mol. The Bertz CT molecular complexity index is 1950. The van der Waals surface area contributed by atoms with Crippen LogP contribution in [0.4, 0.5) is 0 Å². The summed E-state index contributed by atoms with van der Waals surface area (Å²) in [6.45, 7) is 1.89. The first-order valence-corrected chi connectivity index (χ1v) is 15.7. The molecule has 2 aromatic carbocycles. The molecule has 0 unspecified atom stereocenters. The molecule has 1 saturated carbocycles. The summed E-state index contributed by atoms with van der Waals surface area (Å²) >= 11 is 12.0. The van der Waals surface area contributed by atoms with E-state index in [-0.39, 0.29) is 32.4 Å². The Morgan fingerprint density at radius 1 is 0.974 bits per heavy atom. The van der Waals surface area contributed by atoms with E-state index in [1.165, 1.54) is 30.6 Å². The van der Waals surface area contributed by atoms with Crippen molar-refractivity contribution in [2.24, 2.45) is 0 Å². The van der Waals surface area contributed by atoms with E-state index >= 15 is 0 Å². The van der Waals surface area contributed by atoms with Crippen LogP contribution in [0.1, 0.15) is 36.6 Å². The minimum absolute atomic E-state index is 0.0335. The predicted molar refractivity (Wildman–Crippen MR) is 147 cm³/mol. The van der Waals surface area contributed by atoms with E-state index < -0.39 is 20.0 Å². The zero-order valence-electron chi connectivity index (χ0n) is 20.5. The highest BCUT2D eigenvalue weighted by Crippen LogP contribution is 2.36. The van der Waals surface area contributed by atoms with Gasteiger partial charge in [0.25, 0.3) is 10.0 Å². The second-order valence-corrected chi connectivity index (χ2v) is 13.9. The van der Waals surface area contributed by atoms with E-state index in [1.54, 1.807) is 34.7 Å². The fourth-order valence-electron chi connectivity index (χ4n) is 5.03. The number of hydrogen-bond acceptors (Lipinski definition) is 7. The standard InChI is InChI=1S/C25H22Cl2N6O4S2/c1-15-2-7-19(8-3-15)39(36,37)32-11-10-21-25(32)28-14-23-29-30-24(33(21)23)16-4-6-18(12-16)31-38(34,35)22-9-5-17(26)13-20(22)27/h2-3,5,7-11,13-14,16,18,31H,4,6,12H2,1H3/t16-,18+/m1/s1. The molecule has 1 fully saturated rings. The van der Waals surface area contributed by atoms with E-state index in [0.29, 0.717) is 41.3 Å². The Morgan fingerprint density at radius 2 is 1.74 bits per heavy atom. The average molecular weight is 606 g/mol. The molecule has 0 saturated heterocycles. The third-order valence-corrected chi connectivity index (χ3v) is 10.9. The van der Waals surface area contributed by atoms with Crippen LogP contribution in [0, 0.1) is 6.92 Å². The summed E-state index contributed by atoms with van der Waals surface area (Å²) in [4.78, 5) is 4.50. The molecule has 0 radical (unpaired) electrons. The molecule has 3 heterocycles. The third kappa shape index (κ3) is 4.59. The lowest BCUT2D eigenvalue weighted by Gasteiger charge is -2.14. The molecule has 10 nitrogen and oxygen atoms in total. The number of fused-ring (bicyclic) bond motifs is 3. The Labute approximate surface area is 234 Å². The molecule has 1 aliphatic rings. The molecule has 0 aliphatic heterocycles. The number of nitrogens with one attached hydrogen (secondary N) is 1. The lowest BCUT2D eigenvalue weighted by atomic mass is 10.1. The predicted octanol–water partition coefficient (Wildman–Crippen LogP) is 4.55. The molecule has 0 amide bonds. The van der Waals surface area contributed by atoms with Gasteiger partial charge in [0.2, 0.25) is 10.0 Å². The van der Waals surface area contributed by atoms with Crippen molar-refractivity contribution in [3.05, 3.63) is 82.4 Å². The highest BCUT2D eigenvalue weighted by Gasteiger charge is 2.33. The van der Waals surface area contributed by atoms with Gasteiger partial charge in [-0.15, -0.1) is 10.2 Å². The number of aryl methyl sites for hydroxylation is 1. The van der Waals surface area contributed by atoms with Crippen LogP contribution in [0.3, 0.4) is 0 Å². The van der Waals surface area contributed by atoms with E-state index in [4.69, 9.17) is 23.2 Å². The SMILES string of the molecule is Cc1ccc(S(=O)(=O)n2ccc3c2ncc2nnc([C@@H]4CC[C@H](NS(=O)(=O)c5ccc(Cl)cc5Cl)C4)n23)cc1. The first-order valence-electron chi connectivity index (χ1n) is 12.1. The molecule has 0 bridgehead atoms. The molecule has 1 aliphatic carbocycles. The molecule has 14 heteroatoms. The topological polar surface area (TPSA) is 128 Å². The van der Waals surface area contributed by atoms with Gasteiger partial charge in [0.05, 0.1) is 21.6 Å². The van der Waals surface area contributed by atoms with Gasteiger partial charge in [0, 0.05) is 23.2 Å². The molecule has 2 atom stereocenters. The van der Waals surface area contributed by atoms with E-state index in [0.717, 1.165) is 9.54 Å². The molecule has 6 rings (SSSR count). The maximum atomic E-state index is 13.4. The van der Waals surface area contributed by atoms with Gasteiger partial charge in [0.15, 0.2) is 11.3 Å². The van der Waals surface area contributed by atoms with E-state index in [1.807, 2.05) is 6.92 Å². The highest BCUT2D eigenvalue weighted by molar-refractivity contribution is 7.90. The minimum Gasteiger partial charge on any atom is -0.274 e. The van der Waals surface area contributed by atoms with Gasteiger partial charge in [0.1, 0.15) is 10.7 Å². The Kier molecular flexibility index (Phi) is 6.42. The number of hydrogen-bond donors (Lipinski definition) is 1. The first kappa shape index (κ1) is 26.2. The summed E-state index contributed by atoms with van der Waals surface area (Å²) in [6.07, 6.45) is 4.68. The average Bonchev–Trinajstić information content (AvgIpc) is 3.61. The largest absolute Gasteiger partial charge is 0.274 e. The van der Waals surface area contributed by atoms with Gasteiger partial charge in [-0.1, -0.05) is 40.9 Å². The zero-order chi connectivity index (χ0) is 27.5. The van der Waals surface area contributed by atoms with E-state index in [9.17, 15) is 16.8 Å². The number of sulfonamides is 1. The molecule has 1 N–H and O–H groups in total. The van der Waals surface area contributed by atoms with Gasteiger partial charge < -0.3 is 0 Å². The Hall–Kier alpha value is -3.03. The maximum Gasteiger partial charge on any atom is 0.269 e. The van der Waals surface area contributed by atoms with Crippen LogP contribution >= 0.6 is 23.2 Å². The maximum absolute atomic E-state index is 13.4. The summed E-state index contributed by atoms with van der Waals surface area (Å²) in [5.41, 5.74) is 2.21. The molecule has 202 valence electrons. The lowest BCUT2D eigenvalue weighted by Crippen LogP contribution is -2.33. The molecule has 5 aromatic rings. The molecule has 39 heavy (non-hydrogen) atoms. The second kappa shape index (κ2) is 9.56. The Balaban J connectivity index is 1.31. The van der Waals surface area contributed by atoms with Crippen molar-refractivity contribution in [1.82, 2.24) is 28.3 Å². The van der Waals surface area contributed by atoms with Gasteiger partial charge in [-0.05, 0) is 62.6 Å². The zero-order valence-corrected chi connectivity index (χ0v) is 23.6. The van der Waals surface area contributed by atoms with Crippen molar-refractivity contribution in [2.45, 2.75) is 47.9 Å². The van der Waals surface area contributed by atoms with Crippen LogP contribution in [-0.2, 0) is 20.0 Å². The number of rotatable bonds is 6. The number of benzene rings is 2. The normalized spacial score (nSPS) is 18.3. The quantitative estimate of drug-likeness (QED) is 0.301. The molecule has 3 aromatic heterocycles. The number of aromatic nitrogens is 5. The third-order valence-electron chi connectivity index (χ3n) is 6.94.